The van der Waals surface area contributed by atoms with Crippen molar-refractivity contribution in [3.8, 4) is 16.9 Å². The number of rotatable bonds is 4. The number of aromatic nitrogens is 3. The number of carbonyl (C=O) groups is 2. The van der Waals surface area contributed by atoms with Gasteiger partial charge in [-0.3, -0.25) is 9.89 Å². The second kappa shape index (κ2) is 7.43. The molecule has 1 amide bonds. The molecule has 2 aliphatic rings. The lowest BCUT2D eigenvalue weighted by Crippen LogP contribution is -2.48. The molecular weight excluding hydrogens is 414 g/mol. The number of carboxylic acids is 1. The standard InChI is InChI=1S/C22H21N5O5/c1-27-16-7-4-13(8-17(16)32-9-15(23)19(27)28)12-2-5-14(6-3-12)22(10-31-11-22)21-24-18(20(29)30)25-26-21/h2-8,15H,9-11,23H2,1H3,(H,29,30)(H,24,25,26)/t15-/m0/s1. The summed E-state index contributed by atoms with van der Waals surface area (Å²) in [5, 5.41) is 15.6. The average Bonchev–Trinajstić information content (AvgIpc) is 3.23. The van der Waals surface area contributed by atoms with Crippen molar-refractivity contribution >= 4 is 17.6 Å². The van der Waals surface area contributed by atoms with Gasteiger partial charge in [-0.2, -0.15) is 0 Å². The highest BCUT2D eigenvalue weighted by atomic mass is 16.5. The lowest BCUT2D eigenvalue weighted by molar-refractivity contribution is -0.119. The summed E-state index contributed by atoms with van der Waals surface area (Å²) in [6, 6.07) is 12.9. The predicted molar refractivity (Wildman–Crippen MR) is 114 cm³/mol. The fourth-order valence-electron chi connectivity index (χ4n) is 4.00. The highest BCUT2D eigenvalue weighted by Crippen LogP contribution is 2.39. The molecule has 10 nitrogen and oxygen atoms in total. The van der Waals surface area contributed by atoms with Crippen molar-refractivity contribution in [1.29, 1.82) is 0 Å². The number of aromatic carboxylic acids is 1. The number of ether oxygens (including phenoxy) is 2. The summed E-state index contributed by atoms with van der Waals surface area (Å²) in [5.74, 6) is -0.571. The topological polar surface area (TPSA) is 144 Å². The van der Waals surface area contributed by atoms with Crippen molar-refractivity contribution in [3.63, 3.8) is 0 Å². The molecule has 4 N–H and O–H groups in total. The third kappa shape index (κ3) is 3.12. The number of carbonyl (C=O) groups excluding carboxylic acids is 1. The molecule has 1 saturated heterocycles. The van der Waals surface area contributed by atoms with Crippen LogP contribution in [0.15, 0.2) is 42.5 Å². The number of nitrogens with two attached hydrogens (primary N) is 1. The molecule has 0 saturated carbocycles. The van der Waals surface area contributed by atoms with Gasteiger partial charge in [-0.15, -0.1) is 5.10 Å². The van der Waals surface area contributed by atoms with Gasteiger partial charge in [-0.05, 0) is 28.8 Å². The summed E-state index contributed by atoms with van der Waals surface area (Å²) < 4.78 is 11.2. The molecule has 164 valence electrons. The van der Waals surface area contributed by atoms with Crippen molar-refractivity contribution in [3.05, 3.63) is 59.7 Å². The van der Waals surface area contributed by atoms with Crippen LogP contribution in [0.1, 0.15) is 22.0 Å². The third-order valence-corrected chi connectivity index (χ3v) is 5.99. The van der Waals surface area contributed by atoms with Gasteiger partial charge in [0.15, 0.2) is 0 Å². The monoisotopic (exact) mass is 435 g/mol. The number of nitrogens with one attached hydrogen (secondary N) is 1. The highest BCUT2D eigenvalue weighted by molar-refractivity contribution is 5.99. The number of likely N-dealkylation sites (N-methyl/N-ethyl adjacent to an activating group) is 1. The van der Waals surface area contributed by atoms with E-state index in [2.05, 4.69) is 15.2 Å². The third-order valence-electron chi connectivity index (χ3n) is 5.99. The van der Waals surface area contributed by atoms with Crippen LogP contribution in [0.25, 0.3) is 11.1 Å². The normalized spacial score (nSPS) is 19.5. The number of carboxylic acid groups (broad SMARTS) is 1. The molecule has 0 radical (unpaired) electrons. The van der Waals surface area contributed by atoms with Crippen molar-refractivity contribution in [2.24, 2.45) is 5.73 Å². The van der Waals surface area contributed by atoms with Crippen LogP contribution in [-0.4, -0.2) is 65.1 Å². The fourth-order valence-corrected chi connectivity index (χ4v) is 4.00. The lowest BCUT2D eigenvalue weighted by Gasteiger charge is -2.40. The molecule has 2 aromatic carbocycles. The molecule has 2 aliphatic heterocycles. The van der Waals surface area contributed by atoms with Crippen LogP contribution in [0.4, 0.5) is 5.69 Å². The Labute approximate surface area is 183 Å². The molecule has 1 aromatic heterocycles. The molecule has 32 heavy (non-hydrogen) atoms. The van der Waals surface area contributed by atoms with E-state index in [1.807, 2.05) is 42.5 Å². The van der Waals surface area contributed by atoms with E-state index in [0.29, 0.717) is 30.5 Å². The zero-order valence-corrected chi connectivity index (χ0v) is 17.2. The van der Waals surface area contributed by atoms with Gasteiger partial charge < -0.3 is 25.2 Å². The number of H-pyrrole nitrogens is 1. The van der Waals surface area contributed by atoms with Gasteiger partial charge in [0.2, 0.25) is 5.91 Å². The first kappa shape index (κ1) is 20.2. The molecule has 3 heterocycles. The number of hydrogen-bond donors (Lipinski definition) is 3. The highest BCUT2D eigenvalue weighted by Gasteiger charge is 2.45. The van der Waals surface area contributed by atoms with Crippen LogP contribution in [0, 0.1) is 0 Å². The molecule has 3 aromatic rings. The number of anilines is 1. The number of hydrogen-bond acceptors (Lipinski definition) is 7. The van der Waals surface area contributed by atoms with Gasteiger partial charge in [0.1, 0.15) is 29.6 Å². The van der Waals surface area contributed by atoms with Gasteiger partial charge >= 0.3 is 5.97 Å². The molecule has 0 aliphatic carbocycles. The minimum Gasteiger partial charge on any atom is -0.489 e. The zero-order valence-electron chi connectivity index (χ0n) is 17.2. The first-order valence-electron chi connectivity index (χ1n) is 10.0. The van der Waals surface area contributed by atoms with Gasteiger partial charge in [-0.1, -0.05) is 30.3 Å². The summed E-state index contributed by atoms with van der Waals surface area (Å²) in [6.07, 6.45) is 0. The maximum Gasteiger partial charge on any atom is 0.375 e. The lowest BCUT2D eigenvalue weighted by atomic mass is 9.77. The van der Waals surface area contributed by atoms with Crippen LogP contribution < -0.4 is 15.4 Å². The minimum atomic E-state index is -1.18. The quantitative estimate of drug-likeness (QED) is 0.554. The Bertz CT molecular complexity index is 1200. The number of nitrogens with zero attached hydrogens (tertiary/aromatic N) is 3. The van der Waals surface area contributed by atoms with Crippen LogP contribution in [0.2, 0.25) is 0 Å². The van der Waals surface area contributed by atoms with Gasteiger partial charge in [0.25, 0.3) is 5.82 Å². The second-order valence-electron chi connectivity index (χ2n) is 7.96. The van der Waals surface area contributed by atoms with Crippen molar-refractivity contribution in [1.82, 2.24) is 15.2 Å². The van der Waals surface area contributed by atoms with E-state index < -0.39 is 17.4 Å². The Kier molecular flexibility index (Phi) is 4.68. The smallest absolute Gasteiger partial charge is 0.375 e. The second-order valence-corrected chi connectivity index (χ2v) is 7.96. The van der Waals surface area contributed by atoms with E-state index >= 15 is 0 Å². The Morgan fingerprint density at radius 2 is 1.94 bits per heavy atom. The van der Waals surface area contributed by atoms with Crippen molar-refractivity contribution in [2.45, 2.75) is 11.5 Å². The van der Waals surface area contributed by atoms with Gasteiger partial charge in [-0.25, -0.2) is 9.78 Å². The molecular formula is C22H21N5O5. The van der Waals surface area contributed by atoms with Crippen molar-refractivity contribution in [2.75, 3.05) is 31.8 Å². The first-order chi connectivity index (χ1) is 15.4. The Morgan fingerprint density at radius 3 is 2.56 bits per heavy atom. The fraction of sp³-hybridized carbons (Fsp3) is 0.273. The molecule has 1 fully saturated rings. The molecule has 10 heteroatoms. The largest absolute Gasteiger partial charge is 0.489 e. The van der Waals surface area contributed by atoms with Crippen LogP contribution in [0.5, 0.6) is 5.75 Å². The van der Waals surface area contributed by atoms with Gasteiger partial charge in [0, 0.05) is 7.05 Å². The van der Waals surface area contributed by atoms with Crippen LogP contribution in [0.3, 0.4) is 0 Å². The summed E-state index contributed by atoms with van der Waals surface area (Å²) >= 11 is 0. The molecule has 0 bridgehead atoms. The summed E-state index contributed by atoms with van der Waals surface area (Å²) in [4.78, 5) is 29.0. The van der Waals surface area contributed by atoms with Crippen LogP contribution in [-0.2, 0) is 14.9 Å². The predicted octanol–water partition coefficient (Wildman–Crippen LogP) is 1.17. The van der Waals surface area contributed by atoms with E-state index in [9.17, 15) is 9.59 Å². The molecule has 5 rings (SSSR count). The minimum absolute atomic E-state index is 0.122. The van der Waals surface area contributed by atoms with E-state index in [0.717, 1.165) is 16.7 Å². The molecule has 1 atom stereocenters. The summed E-state index contributed by atoms with van der Waals surface area (Å²) in [6.45, 7) is 0.887. The number of fused-ring (bicyclic) bond motifs is 1. The van der Waals surface area contributed by atoms with Gasteiger partial charge in [0.05, 0.1) is 18.9 Å². The Balaban J connectivity index is 1.45. The molecule has 0 spiro atoms. The first-order valence-corrected chi connectivity index (χ1v) is 10.0. The number of amides is 1. The van der Waals surface area contributed by atoms with Crippen LogP contribution >= 0.6 is 0 Å². The van der Waals surface area contributed by atoms with E-state index in [1.165, 1.54) is 4.90 Å². The van der Waals surface area contributed by atoms with E-state index in [4.69, 9.17) is 20.3 Å². The molecule has 0 unspecified atom stereocenters. The number of aromatic amines is 1. The van der Waals surface area contributed by atoms with Crippen molar-refractivity contribution < 1.29 is 24.2 Å². The Hall–Kier alpha value is -3.76. The summed E-state index contributed by atoms with van der Waals surface area (Å²) in [7, 11) is 1.68. The summed E-state index contributed by atoms with van der Waals surface area (Å²) in [5.41, 5.74) is 8.82. The zero-order chi connectivity index (χ0) is 22.5. The average molecular weight is 435 g/mol. The SMILES string of the molecule is CN1C(=O)[C@@H](N)COc2cc(-c3ccc(C4(c5nc(C(=O)O)n[nH]5)COC4)cc3)ccc21. The maximum atomic E-state index is 12.3. The van der Waals surface area contributed by atoms with E-state index in [1.54, 1.807) is 7.05 Å². The maximum absolute atomic E-state index is 12.3. The van der Waals surface area contributed by atoms with E-state index in [-0.39, 0.29) is 18.3 Å². The number of benzene rings is 2. The Morgan fingerprint density at radius 1 is 1.22 bits per heavy atom.